The maximum absolute atomic E-state index is 5.96. The van der Waals surface area contributed by atoms with E-state index in [0.29, 0.717) is 12.5 Å². The molecule has 1 aromatic heterocycles. The average molecular weight is 238 g/mol. The molecule has 1 fully saturated rings. The number of hydrogen-bond donors (Lipinski definition) is 1. The minimum Gasteiger partial charge on any atom is -0.443 e. The van der Waals surface area contributed by atoms with Crippen LogP contribution in [-0.4, -0.2) is 24.2 Å². The summed E-state index contributed by atoms with van der Waals surface area (Å²) in [5.41, 5.74) is 1.13. The van der Waals surface area contributed by atoms with Crippen molar-refractivity contribution in [2.45, 2.75) is 46.8 Å². The van der Waals surface area contributed by atoms with Crippen LogP contribution in [0.15, 0.2) is 4.42 Å². The lowest BCUT2D eigenvalue weighted by atomic mass is 9.82. The van der Waals surface area contributed by atoms with E-state index in [1.165, 1.54) is 0 Å². The van der Waals surface area contributed by atoms with E-state index in [1.807, 2.05) is 13.8 Å². The summed E-state index contributed by atoms with van der Waals surface area (Å²) in [6, 6.07) is 0. The molecule has 0 spiro atoms. The average Bonchev–Trinajstić information content (AvgIpc) is 2.56. The van der Waals surface area contributed by atoms with Gasteiger partial charge in [0.05, 0.1) is 11.8 Å². The normalized spacial score (nSPS) is 23.9. The van der Waals surface area contributed by atoms with Gasteiger partial charge in [0.1, 0.15) is 12.4 Å². The zero-order valence-corrected chi connectivity index (χ0v) is 11.2. The van der Waals surface area contributed by atoms with E-state index in [0.717, 1.165) is 31.0 Å². The first-order valence-electron chi connectivity index (χ1n) is 6.24. The molecule has 1 aliphatic heterocycles. The van der Waals surface area contributed by atoms with E-state index in [4.69, 9.17) is 9.15 Å². The minimum absolute atomic E-state index is 0.176. The van der Waals surface area contributed by atoms with Gasteiger partial charge in [-0.15, -0.1) is 0 Å². The number of piperidine rings is 1. The van der Waals surface area contributed by atoms with Crippen LogP contribution < -0.4 is 5.32 Å². The molecule has 1 atom stereocenters. The Hall–Kier alpha value is -0.870. The molecule has 17 heavy (non-hydrogen) atoms. The molecule has 96 valence electrons. The highest BCUT2D eigenvalue weighted by atomic mass is 16.5. The van der Waals surface area contributed by atoms with Crippen molar-refractivity contribution in [1.29, 1.82) is 0 Å². The summed E-state index contributed by atoms with van der Waals surface area (Å²) in [6.07, 6.45) is 1.32. The summed E-state index contributed by atoms with van der Waals surface area (Å²) >= 11 is 0. The second kappa shape index (κ2) is 4.78. The van der Waals surface area contributed by atoms with Crippen molar-refractivity contribution in [3.8, 4) is 0 Å². The summed E-state index contributed by atoms with van der Waals surface area (Å²) in [5, 5.41) is 3.40. The summed E-state index contributed by atoms with van der Waals surface area (Å²) in [6.45, 7) is 10.9. The standard InChI is InChI=1S/C13H22N2O2/c1-9-10(2)17-12(15-9)7-16-11-5-6-14-8-13(11,3)4/h11,14H,5-8H2,1-4H3. The predicted octanol–water partition coefficient (Wildman–Crippen LogP) is 2.20. The number of nitrogens with zero attached hydrogens (tertiary/aromatic N) is 1. The summed E-state index contributed by atoms with van der Waals surface area (Å²) < 4.78 is 11.5. The molecular weight excluding hydrogens is 216 g/mol. The molecule has 4 heteroatoms. The SMILES string of the molecule is Cc1nc(COC2CCNCC2(C)C)oc1C. The van der Waals surface area contributed by atoms with Gasteiger partial charge in [0.15, 0.2) is 0 Å². The number of rotatable bonds is 3. The molecule has 1 saturated heterocycles. The highest BCUT2D eigenvalue weighted by Crippen LogP contribution is 2.28. The first kappa shape index (κ1) is 12.6. The number of aromatic nitrogens is 1. The Morgan fingerprint density at radius 2 is 2.24 bits per heavy atom. The van der Waals surface area contributed by atoms with E-state index >= 15 is 0 Å². The van der Waals surface area contributed by atoms with Gasteiger partial charge in [-0.2, -0.15) is 0 Å². The fourth-order valence-electron chi connectivity index (χ4n) is 2.23. The minimum atomic E-state index is 0.176. The third-order valence-electron chi connectivity index (χ3n) is 3.52. The molecule has 0 aromatic carbocycles. The molecule has 1 aliphatic rings. The van der Waals surface area contributed by atoms with Crippen LogP contribution in [0.3, 0.4) is 0 Å². The molecule has 0 aliphatic carbocycles. The van der Waals surface area contributed by atoms with Crippen molar-refractivity contribution >= 4 is 0 Å². The molecule has 0 bridgehead atoms. The Labute approximate surface area is 103 Å². The van der Waals surface area contributed by atoms with Crippen LogP contribution in [0.25, 0.3) is 0 Å². The fourth-order valence-corrected chi connectivity index (χ4v) is 2.23. The Balaban J connectivity index is 1.93. The van der Waals surface area contributed by atoms with Gasteiger partial charge >= 0.3 is 0 Å². The van der Waals surface area contributed by atoms with Crippen LogP contribution in [-0.2, 0) is 11.3 Å². The molecule has 0 radical (unpaired) electrons. The zero-order valence-electron chi connectivity index (χ0n) is 11.2. The van der Waals surface area contributed by atoms with Crippen LogP contribution in [0, 0.1) is 19.3 Å². The van der Waals surface area contributed by atoms with Crippen molar-refractivity contribution in [2.24, 2.45) is 5.41 Å². The molecule has 1 unspecified atom stereocenters. The Morgan fingerprint density at radius 3 is 2.82 bits per heavy atom. The monoisotopic (exact) mass is 238 g/mol. The van der Waals surface area contributed by atoms with Crippen LogP contribution in [0.5, 0.6) is 0 Å². The summed E-state index contributed by atoms with van der Waals surface area (Å²) in [4.78, 5) is 4.34. The van der Waals surface area contributed by atoms with Crippen LogP contribution in [0.4, 0.5) is 0 Å². The van der Waals surface area contributed by atoms with Gasteiger partial charge in [0.2, 0.25) is 5.89 Å². The molecule has 1 aromatic rings. The van der Waals surface area contributed by atoms with Crippen molar-refractivity contribution in [3.63, 3.8) is 0 Å². The molecule has 1 N–H and O–H groups in total. The summed E-state index contributed by atoms with van der Waals surface area (Å²) in [5.74, 6) is 1.57. The Kier molecular flexibility index (Phi) is 3.54. The molecule has 4 nitrogen and oxygen atoms in total. The van der Waals surface area contributed by atoms with Crippen molar-refractivity contribution in [2.75, 3.05) is 13.1 Å². The third-order valence-corrected chi connectivity index (χ3v) is 3.52. The molecular formula is C13H22N2O2. The van der Waals surface area contributed by atoms with Crippen molar-refractivity contribution in [1.82, 2.24) is 10.3 Å². The summed E-state index contributed by atoms with van der Waals surface area (Å²) in [7, 11) is 0. The topological polar surface area (TPSA) is 47.3 Å². The van der Waals surface area contributed by atoms with Gasteiger partial charge in [0.25, 0.3) is 0 Å². The highest BCUT2D eigenvalue weighted by Gasteiger charge is 2.33. The number of aryl methyl sites for hydroxylation is 2. The maximum atomic E-state index is 5.96. The van der Waals surface area contributed by atoms with Crippen LogP contribution in [0.1, 0.15) is 37.6 Å². The van der Waals surface area contributed by atoms with E-state index in [1.54, 1.807) is 0 Å². The van der Waals surface area contributed by atoms with Gasteiger partial charge in [-0.1, -0.05) is 13.8 Å². The van der Waals surface area contributed by atoms with Crippen LogP contribution in [0.2, 0.25) is 0 Å². The first-order chi connectivity index (χ1) is 7.99. The number of hydrogen-bond acceptors (Lipinski definition) is 4. The highest BCUT2D eigenvalue weighted by molar-refractivity contribution is 5.04. The quantitative estimate of drug-likeness (QED) is 0.877. The first-order valence-corrected chi connectivity index (χ1v) is 6.24. The second-order valence-electron chi connectivity index (χ2n) is 5.50. The number of ether oxygens (including phenoxy) is 1. The van der Waals surface area contributed by atoms with E-state index < -0.39 is 0 Å². The van der Waals surface area contributed by atoms with Gasteiger partial charge < -0.3 is 14.5 Å². The lowest BCUT2D eigenvalue weighted by molar-refractivity contribution is -0.0584. The third kappa shape index (κ3) is 2.87. The van der Waals surface area contributed by atoms with Gasteiger partial charge in [-0.05, 0) is 26.8 Å². The molecule has 0 saturated carbocycles. The number of nitrogens with one attached hydrogen (secondary N) is 1. The Morgan fingerprint density at radius 1 is 1.47 bits per heavy atom. The largest absolute Gasteiger partial charge is 0.443 e. The molecule has 0 amide bonds. The fraction of sp³-hybridized carbons (Fsp3) is 0.769. The van der Waals surface area contributed by atoms with Gasteiger partial charge in [-0.3, -0.25) is 0 Å². The smallest absolute Gasteiger partial charge is 0.220 e. The second-order valence-corrected chi connectivity index (χ2v) is 5.50. The van der Waals surface area contributed by atoms with E-state index in [-0.39, 0.29) is 11.5 Å². The lowest BCUT2D eigenvalue weighted by Crippen LogP contribution is -2.47. The number of oxazole rings is 1. The molecule has 2 rings (SSSR count). The Bertz CT molecular complexity index is 365. The van der Waals surface area contributed by atoms with E-state index in [9.17, 15) is 0 Å². The van der Waals surface area contributed by atoms with Crippen molar-refractivity contribution < 1.29 is 9.15 Å². The van der Waals surface area contributed by atoms with Crippen molar-refractivity contribution in [3.05, 3.63) is 17.3 Å². The van der Waals surface area contributed by atoms with Gasteiger partial charge in [-0.25, -0.2) is 4.98 Å². The van der Waals surface area contributed by atoms with E-state index in [2.05, 4.69) is 24.1 Å². The maximum Gasteiger partial charge on any atom is 0.220 e. The molecule has 2 heterocycles. The van der Waals surface area contributed by atoms with Gasteiger partial charge in [0, 0.05) is 12.0 Å². The van der Waals surface area contributed by atoms with Crippen LogP contribution >= 0.6 is 0 Å². The predicted molar refractivity (Wildman–Crippen MR) is 65.8 cm³/mol. The lowest BCUT2D eigenvalue weighted by Gasteiger charge is -2.38. The zero-order chi connectivity index (χ0) is 12.5.